The molecule has 0 saturated heterocycles. The van der Waals surface area contributed by atoms with Crippen molar-refractivity contribution in [3.63, 3.8) is 0 Å². The number of benzene rings is 3. The minimum absolute atomic E-state index is 0.784. The SMILES string of the molecule is COc1ccccc1-c1ccccc1[P+](=O)c1ccccc1. The van der Waals surface area contributed by atoms with Crippen LogP contribution in [0.2, 0.25) is 0 Å². The fourth-order valence-corrected chi connectivity index (χ4v) is 3.80. The maximum atomic E-state index is 12.9. The molecule has 1 atom stereocenters. The summed E-state index contributed by atoms with van der Waals surface area (Å²) in [7, 11) is 0.0133. The lowest BCUT2D eigenvalue weighted by Crippen LogP contribution is -2.09. The fourth-order valence-electron chi connectivity index (χ4n) is 2.45. The minimum atomic E-state index is -1.64. The van der Waals surface area contributed by atoms with Crippen LogP contribution >= 0.6 is 7.80 Å². The van der Waals surface area contributed by atoms with Crippen molar-refractivity contribution in [3.05, 3.63) is 78.9 Å². The van der Waals surface area contributed by atoms with E-state index in [1.165, 1.54) is 0 Å². The summed E-state index contributed by atoms with van der Waals surface area (Å²) < 4.78 is 18.4. The number of methoxy groups -OCH3 is 1. The summed E-state index contributed by atoms with van der Waals surface area (Å²) in [5.74, 6) is 0.784. The minimum Gasteiger partial charge on any atom is -0.496 e. The zero-order valence-corrected chi connectivity index (χ0v) is 13.2. The van der Waals surface area contributed by atoms with Crippen molar-refractivity contribution in [2.45, 2.75) is 0 Å². The third-order valence-electron chi connectivity index (χ3n) is 3.51. The van der Waals surface area contributed by atoms with Crippen molar-refractivity contribution < 1.29 is 9.30 Å². The summed E-state index contributed by atoms with van der Waals surface area (Å²) in [4.78, 5) is 0. The van der Waals surface area contributed by atoms with Crippen molar-refractivity contribution in [1.29, 1.82) is 0 Å². The molecule has 3 heteroatoms. The second kappa shape index (κ2) is 6.55. The van der Waals surface area contributed by atoms with E-state index in [1.54, 1.807) is 7.11 Å². The summed E-state index contributed by atoms with van der Waals surface area (Å²) in [6, 6.07) is 25.2. The van der Waals surface area contributed by atoms with Crippen LogP contribution < -0.4 is 15.3 Å². The lowest BCUT2D eigenvalue weighted by atomic mass is 10.0. The van der Waals surface area contributed by atoms with Gasteiger partial charge in [0.15, 0.2) is 5.30 Å². The fraction of sp³-hybridized carbons (Fsp3) is 0.0526. The van der Waals surface area contributed by atoms with Gasteiger partial charge < -0.3 is 4.74 Å². The van der Waals surface area contributed by atoms with E-state index in [-0.39, 0.29) is 0 Å². The molecule has 0 saturated carbocycles. The number of rotatable bonds is 4. The standard InChI is InChI=1S/C19H16O2P/c1-21-18-13-7-5-11-16(18)17-12-6-8-14-19(17)22(20)15-9-3-2-4-10-15/h2-14H,1H3/q+1. The molecule has 3 aromatic carbocycles. The zero-order chi connectivity index (χ0) is 15.4. The Morgan fingerprint density at radius 2 is 1.32 bits per heavy atom. The van der Waals surface area contributed by atoms with Crippen LogP contribution in [0.25, 0.3) is 11.1 Å². The van der Waals surface area contributed by atoms with Crippen LogP contribution in [0.4, 0.5) is 0 Å². The van der Waals surface area contributed by atoms with Crippen LogP contribution in [0.5, 0.6) is 5.75 Å². The average molecular weight is 307 g/mol. The monoisotopic (exact) mass is 307 g/mol. The van der Waals surface area contributed by atoms with Crippen molar-refractivity contribution in [1.82, 2.24) is 0 Å². The van der Waals surface area contributed by atoms with Crippen molar-refractivity contribution in [2.75, 3.05) is 7.11 Å². The van der Waals surface area contributed by atoms with Gasteiger partial charge in [-0.25, -0.2) is 0 Å². The summed E-state index contributed by atoms with van der Waals surface area (Å²) >= 11 is 0. The molecule has 0 spiro atoms. The second-order valence-electron chi connectivity index (χ2n) is 4.85. The molecular weight excluding hydrogens is 291 g/mol. The maximum absolute atomic E-state index is 12.9. The molecule has 0 heterocycles. The quantitative estimate of drug-likeness (QED) is 0.677. The van der Waals surface area contributed by atoms with Crippen molar-refractivity contribution in [3.8, 4) is 16.9 Å². The zero-order valence-electron chi connectivity index (χ0n) is 12.3. The molecule has 0 aliphatic rings. The number of hydrogen-bond acceptors (Lipinski definition) is 2. The van der Waals surface area contributed by atoms with E-state index in [0.717, 1.165) is 27.5 Å². The predicted molar refractivity (Wildman–Crippen MR) is 91.7 cm³/mol. The number of ether oxygens (including phenoxy) is 1. The Hall–Kier alpha value is -2.44. The van der Waals surface area contributed by atoms with Gasteiger partial charge in [0, 0.05) is 11.1 Å². The van der Waals surface area contributed by atoms with Gasteiger partial charge in [-0.05, 0) is 30.3 Å². The van der Waals surface area contributed by atoms with E-state index in [9.17, 15) is 4.57 Å². The van der Waals surface area contributed by atoms with Gasteiger partial charge in [-0.2, -0.15) is 0 Å². The third kappa shape index (κ3) is 2.79. The first-order chi connectivity index (χ1) is 10.8. The molecule has 2 nitrogen and oxygen atoms in total. The molecule has 1 unspecified atom stereocenters. The molecule has 22 heavy (non-hydrogen) atoms. The highest BCUT2D eigenvalue weighted by molar-refractivity contribution is 7.61. The summed E-state index contributed by atoms with van der Waals surface area (Å²) in [5.41, 5.74) is 1.91. The van der Waals surface area contributed by atoms with Crippen LogP contribution in [-0.4, -0.2) is 7.11 Å². The van der Waals surface area contributed by atoms with Gasteiger partial charge in [0.25, 0.3) is 0 Å². The van der Waals surface area contributed by atoms with Crippen LogP contribution in [0.3, 0.4) is 0 Å². The van der Waals surface area contributed by atoms with E-state index in [2.05, 4.69) is 0 Å². The second-order valence-corrected chi connectivity index (χ2v) is 6.43. The molecule has 108 valence electrons. The third-order valence-corrected chi connectivity index (χ3v) is 5.11. The van der Waals surface area contributed by atoms with Gasteiger partial charge in [0.2, 0.25) is 5.30 Å². The largest absolute Gasteiger partial charge is 0.496 e. The number of para-hydroxylation sites is 1. The van der Waals surface area contributed by atoms with Gasteiger partial charge in [-0.1, -0.05) is 53.1 Å². The maximum Gasteiger partial charge on any atom is 0.415 e. The highest BCUT2D eigenvalue weighted by atomic mass is 31.1. The van der Waals surface area contributed by atoms with Gasteiger partial charge in [-0.3, -0.25) is 0 Å². The van der Waals surface area contributed by atoms with Crippen LogP contribution in [0.1, 0.15) is 0 Å². The van der Waals surface area contributed by atoms with Crippen LogP contribution in [-0.2, 0) is 4.57 Å². The summed E-state index contributed by atoms with van der Waals surface area (Å²) in [6.45, 7) is 0. The first kappa shape index (κ1) is 14.5. The van der Waals surface area contributed by atoms with E-state index in [0.29, 0.717) is 0 Å². The first-order valence-corrected chi connectivity index (χ1v) is 8.32. The van der Waals surface area contributed by atoms with Gasteiger partial charge in [0.05, 0.1) is 7.11 Å². The Bertz CT molecular complexity index is 797. The van der Waals surface area contributed by atoms with Gasteiger partial charge in [-0.15, -0.1) is 0 Å². The Balaban J connectivity index is 2.13. The molecule has 0 amide bonds. The lowest BCUT2D eigenvalue weighted by Gasteiger charge is -2.08. The highest BCUT2D eigenvalue weighted by Crippen LogP contribution is 2.33. The smallest absolute Gasteiger partial charge is 0.415 e. The Morgan fingerprint density at radius 1 is 0.727 bits per heavy atom. The molecule has 3 rings (SSSR count). The van der Waals surface area contributed by atoms with E-state index < -0.39 is 7.80 Å². The van der Waals surface area contributed by atoms with Crippen LogP contribution in [0, 0.1) is 0 Å². The van der Waals surface area contributed by atoms with Crippen molar-refractivity contribution >= 4 is 18.4 Å². The molecular formula is C19H16O2P+. The van der Waals surface area contributed by atoms with E-state index in [1.807, 2.05) is 78.9 Å². The van der Waals surface area contributed by atoms with Crippen LogP contribution in [0.15, 0.2) is 78.9 Å². The lowest BCUT2D eigenvalue weighted by molar-refractivity contribution is 0.416. The van der Waals surface area contributed by atoms with Gasteiger partial charge >= 0.3 is 7.80 Å². The van der Waals surface area contributed by atoms with Crippen molar-refractivity contribution in [2.24, 2.45) is 0 Å². The molecule has 0 aliphatic carbocycles. The molecule has 0 bridgehead atoms. The molecule has 3 aromatic rings. The predicted octanol–water partition coefficient (Wildman–Crippen LogP) is 4.14. The van der Waals surface area contributed by atoms with E-state index >= 15 is 0 Å². The topological polar surface area (TPSA) is 26.3 Å². The van der Waals surface area contributed by atoms with E-state index in [4.69, 9.17) is 4.74 Å². The molecule has 0 aliphatic heterocycles. The summed E-state index contributed by atoms with van der Waals surface area (Å²) in [6.07, 6.45) is 0. The Labute approximate surface area is 131 Å². The normalized spacial score (nSPS) is 11.0. The average Bonchev–Trinajstić information content (AvgIpc) is 2.62. The number of hydrogen-bond donors (Lipinski definition) is 0. The Morgan fingerprint density at radius 3 is 2.05 bits per heavy atom. The highest BCUT2D eigenvalue weighted by Gasteiger charge is 2.27. The Kier molecular flexibility index (Phi) is 4.32. The van der Waals surface area contributed by atoms with Gasteiger partial charge in [0.1, 0.15) is 5.75 Å². The molecule has 0 fully saturated rings. The first-order valence-electron chi connectivity index (χ1n) is 7.06. The molecule has 0 radical (unpaired) electrons. The summed E-state index contributed by atoms with van der Waals surface area (Å²) in [5, 5.41) is 1.66. The molecule has 0 N–H and O–H groups in total. The molecule has 0 aromatic heterocycles.